The van der Waals surface area contributed by atoms with Crippen molar-refractivity contribution >= 4 is 28.5 Å². The summed E-state index contributed by atoms with van der Waals surface area (Å²) in [6, 6.07) is 6.68. The molecule has 0 radical (unpaired) electrons. The number of aromatic nitrogens is 2. The van der Waals surface area contributed by atoms with Crippen molar-refractivity contribution in [1.29, 1.82) is 0 Å². The van der Waals surface area contributed by atoms with E-state index in [2.05, 4.69) is 20.6 Å². The van der Waals surface area contributed by atoms with Gasteiger partial charge in [-0.2, -0.15) is 0 Å². The summed E-state index contributed by atoms with van der Waals surface area (Å²) in [6.07, 6.45) is 4.45. The van der Waals surface area contributed by atoms with Gasteiger partial charge in [-0.05, 0) is 31.0 Å². The van der Waals surface area contributed by atoms with Gasteiger partial charge in [0.15, 0.2) is 17.4 Å². The average Bonchev–Trinajstić information content (AvgIpc) is 3.59. The average molecular weight is 452 g/mol. The molecule has 3 N–H and O–H groups in total. The molecule has 0 spiro atoms. The Morgan fingerprint density at radius 3 is 2.73 bits per heavy atom. The number of rotatable bonds is 6. The molecule has 1 aromatic carbocycles. The summed E-state index contributed by atoms with van der Waals surface area (Å²) in [6.45, 7) is 1.19. The first-order valence-corrected chi connectivity index (χ1v) is 11.1. The van der Waals surface area contributed by atoms with Gasteiger partial charge in [-0.1, -0.05) is 6.07 Å². The normalized spacial score (nSPS) is 16.5. The predicted octanol–water partition coefficient (Wildman–Crippen LogP) is 3.63. The number of benzene rings is 1. The van der Waals surface area contributed by atoms with Crippen molar-refractivity contribution < 1.29 is 23.5 Å². The molecule has 5 rings (SSSR count). The van der Waals surface area contributed by atoms with Gasteiger partial charge in [0.1, 0.15) is 6.10 Å². The van der Waals surface area contributed by atoms with Crippen LogP contribution in [0.5, 0.6) is 5.75 Å². The lowest BCUT2D eigenvalue weighted by atomic mass is 10.1. The lowest BCUT2D eigenvalue weighted by Gasteiger charge is -2.23. The number of ether oxygens (including phenoxy) is 2. The number of halogens is 1. The zero-order valence-corrected chi connectivity index (χ0v) is 18.2. The van der Waals surface area contributed by atoms with Crippen molar-refractivity contribution in [3.63, 3.8) is 0 Å². The number of fused-ring (bicyclic) bond motifs is 1. The lowest BCUT2D eigenvalue weighted by Crippen LogP contribution is -2.26. The topological polar surface area (TPSA) is 105 Å². The quantitative estimate of drug-likeness (QED) is 0.530. The monoisotopic (exact) mass is 452 g/mol. The van der Waals surface area contributed by atoms with Crippen LogP contribution in [0.2, 0.25) is 0 Å². The third-order valence-corrected chi connectivity index (χ3v) is 6.04. The Morgan fingerprint density at radius 1 is 1.21 bits per heavy atom. The summed E-state index contributed by atoms with van der Waals surface area (Å²) >= 11 is 0. The van der Waals surface area contributed by atoms with Gasteiger partial charge in [0, 0.05) is 48.6 Å². The van der Waals surface area contributed by atoms with E-state index in [1.54, 1.807) is 24.3 Å². The molecular weight excluding hydrogens is 427 g/mol. The summed E-state index contributed by atoms with van der Waals surface area (Å²) < 4.78 is 26.7. The molecule has 0 atom stereocenters. The van der Waals surface area contributed by atoms with Crippen molar-refractivity contribution in [2.45, 2.75) is 31.8 Å². The molecule has 1 saturated carbocycles. The molecule has 3 heterocycles. The fourth-order valence-corrected chi connectivity index (χ4v) is 4.02. The van der Waals surface area contributed by atoms with Crippen LogP contribution in [-0.2, 0) is 9.53 Å². The summed E-state index contributed by atoms with van der Waals surface area (Å²) in [7, 11) is 1.53. The van der Waals surface area contributed by atoms with Crippen LogP contribution in [0.1, 0.15) is 36.0 Å². The number of anilines is 1. The molecule has 2 aromatic heterocycles. The first-order valence-electron chi connectivity index (χ1n) is 11.1. The Labute approximate surface area is 189 Å². The Hall–Kier alpha value is -3.46. The van der Waals surface area contributed by atoms with Crippen LogP contribution in [0.3, 0.4) is 0 Å². The van der Waals surface area contributed by atoms with E-state index in [9.17, 15) is 9.59 Å². The highest BCUT2D eigenvalue weighted by atomic mass is 19.1. The molecule has 8 nitrogen and oxygen atoms in total. The van der Waals surface area contributed by atoms with Gasteiger partial charge >= 0.3 is 0 Å². The number of carbonyl (C=O) groups excluding carboxylic acids is 2. The number of amides is 2. The van der Waals surface area contributed by atoms with Crippen LogP contribution >= 0.6 is 0 Å². The van der Waals surface area contributed by atoms with E-state index < -0.39 is 5.82 Å². The predicted molar refractivity (Wildman–Crippen MR) is 121 cm³/mol. The Balaban J connectivity index is 1.54. The molecule has 2 aliphatic rings. The summed E-state index contributed by atoms with van der Waals surface area (Å²) in [5, 5.41) is 5.97. The van der Waals surface area contributed by atoms with Crippen molar-refractivity contribution in [3.8, 4) is 17.0 Å². The summed E-state index contributed by atoms with van der Waals surface area (Å²) in [5.74, 6) is -0.443. The van der Waals surface area contributed by atoms with Crippen LogP contribution < -0.4 is 15.4 Å². The third kappa shape index (κ3) is 4.28. The fourth-order valence-electron chi connectivity index (χ4n) is 4.02. The number of hydrogen-bond donors (Lipinski definition) is 3. The maximum Gasteiger partial charge on any atom is 0.253 e. The maximum absolute atomic E-state index is 15.5. The van der Waals surface area contributed by atoms with Crippen molar-refractivity contribution in [3.05, 3.63) is 41.8 Å². The minimum Gasteiger partial charge on any atom is -0.487 e. The zero-order valence-electron chi connectivity index (χ0n) is 18.2. The number of nitrogens with zero attached hydrogens (tertiary/aromatic N) is 1. The second kappa shape index (κ2) is 8.82. The molecular formula is C24H25FN4O4. The molecule has 33 heavy (non-hydrogen) atoms. The van der Waals surface area contributed by atoms with E-state index in [0.29, 0.717) is 59.6 Å². The van der Waals surface area contributed by atoms with Gasteiger partial charge in [0.25, 0.3) is 5.91 Å². The first-order chi connectivity index (χ1) is 16.0. The van der Waals surface area contributed by atoms with Crippen LogP contribution in [0.25, 0.3) is 22.2 Å². The van der Waals surface area contributed by atoms with Crippen molar-refractivity contribution in [2.75, 3.05) is 25.6 Å². The highest BCUT2D eigenvalue weighted by Gasteiger charge is 2.30. The van der Waals surface area contributed by atoms with E-state index in [1.165, 1.54) is 13.2 Å². The molecule has 0 unspecified atom stereocenters. The number of hydrogen-bond acceptors (Lipinski definition) is 5. The number of nitrogens with one attached hydrogen (secondary N) is 3. The number of pyridine rings is 1. The zero-order chi connectivity index (χ0) is 22.9. The van der Waals surface area contributed by atoms with Crippen molar-refractivity contribution in [1.82, 2.24) is 15.3 Å². The number of carbonyl (C=O) groups is 2. The second-order valence-corrected chi connectivity index (χ2v) is 8.38. The first kappa shape index (κ1) is 21.4. The van der Waals surface area contributed by atoms with Gasteiger partial charge in [0.2, 0.25) is 5.91 Å². The lowest BCUT2D eigenvalue weighted by molar-refractivity contribution is -0.117. The standard InChI is InChI=1S/C24H25FN4O4/c1-26-24(31)17-12-27-22(29-23(30)13-5-6-13)21-16(17)11-18(28-21)15-3-2-4-19(20(15)25)33-14-7-9-32-10-8-14/h2-4,11-14,28H,5-10H2,1H3,(H,26,31)(H,27,29,30). The summed E-state index contributed by atoms with van der Waals surface area (Å²) in [5.41, 5.74) is 1.56. The molecule has 0 bridgehead atoms. The molecule has 2 amide bonds. The van der Waals surface area contributed by atoms with Gasteiger partial charge in [0.05, 0.1) is 24.3 Å². The largest absolute Gasteiger partial charge is 0.487 e. The molecule has 1 saturated heterocycles. The number of H-pyrrole nitrogens is 1. The number of aromatic amines is 1. The third-order valence-electron chi connectivity index (χ3n) is 6.04. The second-order valence-electron chi connectivity index (χ2n) is 8.38. The molecule has 1 aliphatic heterocycles. The molecule has 3 aromatic rings. The minimum atomic E-state index is -0.492. The fraction of sp³-hybridized carbons (Fsp3) is 0.375. The van der Waals surface area contributed by atoms with Gasteiger partial charge < -0.3 is 25.1 Å². The Morgan fingerprint density at radius 2 is 2.00 bits per heavy atom. The molecule has 172 valence electrons. The minimum absolute atomic E-state index is 0.00800. The van der Waals surface area contributed by atoms with Crippen molar-refractivity contribution in [2.24, 2.45) is 5.92 Å². The van der Waals surface area contributed by atoms with E-state index in [-0.39, 0.29) is 29.6 Å². The SMILES string of the molecule is CNC(=O)c1cnc(NC(=O)C2CC2)c2[nH]c(-c3cccc(OC4CCOCC4)c3F)cc12. The molecule has 2 fully saturated rings. The Bertz CT molecular complexity index is 1210. The van der Waals surface area contributed by atoms with Crippen LogP contribution in [-0.4, -0.2) is 48.1 Å². The van der Waals surface area contributed by atoms with Crippen LogP contribution in [0.4, 0.5) is 10.2 Å². The summed E-state index contributed by atoms with van der Waals surface area (Å²) in [4.78, 5) is 32.2. The molecule has 1 aliphatic carbocycles. The van der Waals surface area contributed by atoms with E-state index >= 15 is 4.39 Å². The van der Waals surface area contributed by atoms with E-state index in [1.807, 2.05) is 0 Å². The molecule has 9 heteroatoms. The highest BCUT2D eigenvalue weighted by Crippen LogP contribution is 2.36. The smallest absolute Gasteiger partial charge is 0.253 e. The highest BCUT2D eigenvalue weighted by molar-refractivity contribution is 6.11. The van der Waals surface area contributed by atoms with Gasteiger partial charge in [-0.25, -0.2) is 9.37 Å². The van der Waals surface area contributed by atoms with Crippen LogP contribution in [0, 0.1) is 11.7 Å². The van der Waals surface area contributed by atoms with Gasteiger partial charge in [-0.15, -0.1) is 0 Å². The van der Waals surface area contributed by atoms with E-state index in [0.717, 1.165) is 12.8 Å². The maximum atomic E-state index is 15.5. The van der Waals surface area contributed by atoms with E-state index in [4.69, 9.17) is 9.47 Å². The Kier molecular flexibility index (Phi) is 5.72. The van der Waals surface area contributed by atoms with Gasteiger partial charge in [-0.3, -0.25) is 9.59 Å². The van der Waals surface area contributed by atoms with Crippen LogP contribution in [0.15, 0.2) is 30.5 Å².